The first-order valence-electron chi connectivity index (χ1n) is 8.66. The van der Waals surface area contributed by atoms with Gasteiger partial charge in [0.2, 0.25) is 0 Å². The molecule has 6 heteroatoms. The maximum atomic E-state index is 12.8. The number of hydrogen-bond acceptors (Lipinski definition) is 5. The minimum absolute atomic E-state index is 0.262. The fourth-order valence-electron chi connectivity index (χ4n) is 3.03. The van der Waals surface area contributed by atoms with E-state index >= 15 is 0 Å². The number of benzene rings is 2. The van der Waals surface area contributed by atoms with Crippen molar-refractivity contribution in [3.05, 3.63) is 59.3 Å². The second kappa shape index (κ2) is 7.53. The molecule has 1 heterocycles. The van der Waals surface area contributed by atoms with E-state index in [1.807, 2.05) is 31.2 Å². The number of aryl methyl sites for hydroxylation is 1. The summed E-state index contributed by atoms with van der Waals surface area (Å²) in [6, 6.07) is 12.8. The summed E-state index contributed by atoms with van der Waals surface area (Å²) in [4.78, 5) is 26.9. The van der Waals surface area contributed by atoms with Crippen LogP contribution in [0.15, 0.2) is 48.2 Å². The topological polar surface area (TPSA) is 67.9 Å². The molecule has 0 unspecified atom stereocenters. The van der Waals surface area contributed by atoms with E-state index in [9.17, 15) is 9.59 Å². The molecule has 2 aromatic carbocycles. The van der Waals surface area contributed by atoms with E-state index in [2.05, 4.69) is 5.32 Å². The van der Waals surface area contributed by atoms with Crippen molar-refractivity contribution in [1.82, 2.24) is 4.90 Å². The number of methoxy groups -OCH3 is 2. The Morgan fingerprint density at radius 1 is 0.926 bits per heavy atom. The fourth-order valence-corrected chi connectivity index (χ4v) is 3.03. The van der Waals surface area contributed by atoms with E-state index in [0.717, 1.165) is 5.56 Å². The maximum absolute atomic E-state index is 12.8. The molecule has 0 saturated heterocycles. The number of anilines is 1. The molecular formula is C21H22N2O4. The molecule has 27 heavy (non-hydrogen) atoms. The highest BCUT2D eigenvalue weighted by Crippen LogP contribution is 2.34. The van der Waals surface area contributed by atoms with E-state index < -0.39 is 0 Å². The molecule has 1 aliphatic rings. The molecule has 2 amide bonds. The van der Waals surface area contributed by atoms with Crippen LogP contribution in [-0.2, 0) is 9.59 Å². The number of nitrogens with one attached hydrogen (secondary N) is 1. The lowest BCUT2D eigenvalue weighted by molar-refractivity contribution is -0.136. The van der Waals surface area contributed by atoms with E-state index in [-0.39, 0.29) is 17.5 Å². The lowest BCUT2D eigenvalue weighted by Crippen LogP contribution is -2.32. The van der Waals surface area contributed by atoms with Crippen LogP contribution >= 0.6 is 0 Å². The predicted octanol–water partition coefficient (Wildman–Crippen LogP) is 3.22. The third kappa shape index (κ3) is 3.38. The molecule has 2 aromatic rings. The van der Waals surface area contributed by atoms with Crippen LogP contribution in [-0.4, -0.2) is 37.5 Å². The van der Waals surface area contributed by atoms with Crippen LogP contribution in [0.1, 0.15) is 18.1 Å². The monoisotopic (exact) mass is 366 g/mol. The van der Waals surface area contributed by atoms with Crippen molar-refractivity contribution in [2.24, 2.45) is 0 Å². The molecule has 0 fully saturated rings. The number of ether oxygens (including phenoxy) is 2. The largest absolute Gasteiger partial charge is 0.493 e. The van der Waals surface area contributed by atoms with Gasteiger partial charge in [-0.25, -0.2) is 0 Å². The zero-order valence-electron chi connectivity index (χ0n) is 15.8. The van der Waals surface area contributed by atoms with Gasteiger partial charge in [0.05, 0.1) is 19.8 Å². The Labute approximate surface area is 158 Å². The smallest absolute Gasteiger partial charge is 0.278 e. The molecular weight excluding hydrogens is 344 g/mol. The van der Waals surface area contributed by atoms with Gasteiger partial charge in [0, 0.05) is 18.3 Å². The Morgan fingerprint density at radius 2 is 1.59 bits per heavy atom. The molecule has 0 aromatic heterocycles. The molecule has 0 radical (unpaired) electrons. The average molecular weight is 366 g/mol. The number of carbonyl (C=O) groups excluding carboxylic acids is 2. The zero-order chi connectivity index (χ0) is 19.6. The van der Waals surface area contributed by atoms with E-state index in [4.69, 9.17) is 9.47 Å². The normalized spacial score (nSPS) is 14.0. The van der Waals surface area contributed by atoms with Gasteiger partial charge in [-0.1, -0.05) is 29.8 Å². The Hall–Kier alpha value is -3.28. The molecule has 0 atom stereocenters. The fraction of sp³-hybridized carbons (Fsp3) is 0.238. The van der Waals surface area contributed by atoms with Crippen LogP contribution in [0, 0.1) is 6.92 Å². The lowest BCUT2D eigenvalue weighted by Gasteiger charge is -2.13. The van der Waals surface area contributed by atoms with Crippen molar-refractivity contribution < 1.29 is 19.1 Å². The van der Waals surface area contributed by atoms with Crippen LogP contribution in [0.5, 0.6) is 11.5 Å². The van der Waals surface area contributed by atoms with Gasteiger partial charge in [-0.2, -0.15) is 0 Å². The first-order chi connectivity index (χ1) is 13.0. The van der Waals surface area contributed by atoms with Gasteiger partial charge in [0.15, 0.2) is 11.5 Å². The van der Waals surface area contributed by atoms with Gasteiger partial charge in [-0.05, 0) is 31.5 Å². The molecule has 0 aliphatic carbocycles. The second-order valence-corrected chi connectivity index (χ2v) is 6.17. The summed E-state index contributed by atoms with van der Waals surface area (Å²) in [6.45, 7) is 4.06. The van der Waals surface area contributed by atoms with Crippen LogP contribution in [0.2, 0.25) is 0 Å². The lowest BCUT2D eigenvalue weighted by atomic mass is 10.0. The molecule has 0 bridgehead atoms. The molecule has 3 rings (SSSR count). The van der Waals surface area contributed by atoms with Crippen molar-refractivity contribution in [2.45, 2.75) is 13.8 Å². The Morgan fingerprint density at radius 3 is 2.19 bits per heavy atom. The highest BCUT2D eigenvalue weighted by atomic mass is 16.5. The minimum Gasteiger partial charge on any atom is -0.493 e. The molecule has 6 nitrogen and oxygen atoms in total. The molecule has 0 spiro atoms. The van der Waals surface area contributed by atoms with Crippen LogP contribution in [0.3, 0.4) is 0 Å². The summed E-state index contributed by atoms with van der Waals surface area (Å²) in [5.74, 6) is 0.478. The third-order valence-electron chi connectivity index (χ3n) is 4.48. The number of amides is 2. The highest BCUT2D eigenvalue weighted by Gasteiger charge is 2.38. The number of likely N-dealkylation sites (N-methyl/N-ethyl adjacent to an activating group) is 1. The zero-order valence-corrected chi connectivity index (χ0v) is 15.8. The number of rotatable bonds is 6. The summed E-state index contributed by atoms with van der Waals surface area (Å²) in [7, 11) is 3.10. The SMILES string of the molecule is CCN1C(=O)C(Nc2ccc(OC)c(OC)c2)=C(c2ccc(C)cc2)C1=O. The quantitative estimate of drug-likeness (QED) is 0.795. The average Bonchev–Trinajstić information content (AvgIpc) is 2.91. The highest BCUT2D eigenvalue weighted by molar-refractivity contribution is 6.36. The van der Waals surface area contributed by atoms with E-state index in [1.165, 1.54) is 4.90 Å². The summed E-state index contributed by atoms with van der Waals surface area (Å²) in [6.07, 6.45) is 0. The van der Waals surface area contributed by atoms with Crippen LogP contribution in [0.25, 0.3) is 5.57 Å². The van der Waals surface area contributed by atoms with Gasteiger partial charge in [0.1, 0.15) is 5.70 Å². The van der Waals surface area contributed by atoms with Gasteiger partial charge in [0.25, 0.3) is 11.8 Å². The molecule has 0 saturated carbocycles. The third-order valence-corrected chi connectivity index (χ3v) is 4.48. The number of nitrogens with zero attached hydrogens (tertiary/aromatic N) is 1. The van der Waals surface area contributed by atoms with Crippen molar-refractivity contribution in [3.8, 4) is 11.5 Å². The summed E-state index contributed by atoms with van der Waals surface area (Å²) in [5, 5.41) is 3.11. The molecule has 1 N–H and O–H groups in total. The van der Waals surface area contributed by atoms with Crippen molar-refractivity contribution >= 4 is 23.1 Å². The number of hydrogen-bond donors (Lipinski definition) is 1. The van der Waals surface area contributed by atoms with Crippen molar-refractivity contribution in [1.29, 1.82) is 0 Å². The standard InChI is InChI=1S/C21H22N2O4/c1-5-23-20(24)18(14-8-6-13(2)7-9-14)19(21(23)25)22-15-10-11-16(26-3)17(12-15)27-4/h6-12,22H,5H2,1-4H3. The van der Waals surface area contributed by atoms with Gasteiger partial charge >= 0.3 is 0 Å². The van der Waals surface area contributed by atoms with Gasteiger partial charge in [-0.3, -0.25) is 14.5 Å². The van der Waals surface area contributed by atoms with Crippen molar-refractivity contribution in [3.63, 3.8) is 0 Å². The summed E-state index contributed by atoms with van der Waals surface area (Å²) in [5.41, 5.74) is 3.05. The van der Waals surface area contributed by atoms with E-state index in [0.29, 0.717) is 34.9 Å². The first kappa shape index (κ1) is 18.5. The first-order valence-corrected chi connectivity index (χ1v) is 8.66. The summed E-state index contributed by atoms with van der Waals surface area (Å²) < 4.78 is 10.6. The molecule has 140 valence electrons. The number of carbonyl (C=O) groups is 2. The summed E-state index contributed by atoms with van der Waals surface area (Å²) >= 11 is 0. The van der Waals surface area contributed by atoms with Gasteiger partial charge in [-0.15, -0.1) is 0 Å². The molecule has 1 aliphatic heterocycles. The van der Waals surface area contributed by atoms with Crippen molar-refractivity contribution in [2.75, 3.05) is 26.1 Å². The van der Waals surface area contributed by atoms with Crippen LogP contribution in [0.4, 0.5) is 5.69 Å². The minimum atomic E-state index is -0.340. The predicted molar refractivity (Wildman–Crippen MR) is 104 cm³/mol. The Kier molecular flexibility index (Phi) is 5.16. The van der Waals surface area contributed by atoms with Crippen LogP contribution < -0.4 is 14.8 Å². The second-order valence-electron chi connectivity index (χ2n) is 6.17. The Bertz CT molecular complexity index is 916. The maximum Gasteiger partial charge on any atom is 0.278 e. The Balaban J connectivity index is 2.06. The number of imide groups is 1. The van der Waals surface area contributed by atoms with Gasteiger partial charge < -0.3 is 14.8 Å². The van der Waals surface area contributed by atoms with E-state index in [1.54, 1.807) is 39.3 Å².